The van der Waals surface area contributed by atoms with E-state index in [2.05, 4.69) is 25.7 Å². The number of thiazole rings is 1. The van der Waals surface area contributed by atoms with E-state index in [-0.39, 0.29) is 5.97 Å². The number of esters is 1. The van der Waals surface area contributed by atoms with Crippen LogP contribution >= 0.6 is 27.3 Å². The summed E-state index contributed by atoms with van der Waals surface area (Å²) in [5, 5.41) is 2.97. The van der Waals surface area contributed by atoms with Gasteiger partial charge in [-0.25, -0.2) is 4.98 Å². The van der Waals surface area contributed by atoms with E-state index in [1.54, 1.807) is 11.3 Å². The summed E-state index contributed by atoms with van der Waals surface area (Å²) in [5.74, 6) is -0.199. The van der Waals surface area contributed by atoms with Crippen molar-refractivity contribution in [1.82, 2.24) is 4.98 Å². The lowest BCUT2D eigenvalue weighted by molar-refractivity contribution is -0.140. The Bertz CT molecular complexity index is 536. The monoisotopic (exact) mass is 325 g/mol. The van der Waals surface area contributed by atoms with Gasteiger partial charge in [0.1, 0.15) is 0 Å². The quantitative estimate of drug-likeness (QED) is 0.805. The molecule has 1 aromatic heterocycles. The number of hydrogen-bond donors (Lipinski definition) is 0. The number of carbonyl (C=O) groups excluding carboxylic acids is 1. The lowest BCUT2D eigenvalue weighted by atomic mass is 10.2. The zero-order valence-corrected chi connectivity index (χ0v) is 12.3. The SMILES string of the molecule is COC(=O)CCc1nc(-c2ccc(Br)cc2)cs1. The summed E-state index contributed by atoms with van der Waals surface area (Å²) in [6.45, 7) is 0. The van der Waals surface area contributed by atoms with Crippen molar-refractivity contribution in [3.63, 3.8) is 0 Å². The van der Waals surface area contributed by atoms with Crippen LogP contribution in [0.2, 0.25) is 0 Å². The lowest BCUT2D eigenvalue weighted by Gasteiger charge is -1.97. The molecular weight excluding hydrogens is 314 g/mol. The largest absolute Gasteiger partial charge is 0.469 e. The number of methoxy groups -OCH3 is 1. The van der Waals surface area contributed by atoms with E-state index in [0.29, 0.717) is 12.8 Å². The highest BCUT2D eigenvalue weighted by Crippen LogP contribution is 2.24. The molecule has 0 amide bonds. The molecule has 0 saturated carbocycles. The summed E-state index contributed by atoms with van der Waals surface area (Å²) in [5.41, 5.74) is 2.03. The number of benzene rings is 1. The molecule has 0 saturated heterocycles. The third kappa shape index (κ3) is 3.40. The highest BCUT2D eigenvalue weighted by molar-refractivity contribution is 9.10. The predicted octanol–water partition coefficient (Wildman–Crippen LogP) is 3.68. The summed E-state index contributed by atoms with van der Waals surface area (Å²) in [7, 11) is 1.40. The Labute approximate surface area is 118 Å². The highest BCUT2D eigenvalue weighted by atomic mass is 79.9. The Balaban J connectivity index is 2.06. The van der Waals surface area contributed by atoms with E-state index in [1.165, 1.54) is 7.11 Å². The smallest absolute Gasteiger partial charge is 0.305 e. The van der Waals surface area contributed by atoms with E-state index in [0.717, 1.165) is 20.7 Å². The van der Waals surface area contributed by atoms with Crippen molar-refractivity contribution in [2.24, 2.45) is 0 Å². The number of aryl methyl sites for hydroxylation is 1. The number of hydrogen-bond acceptors (Lipinski definition) is 4. The van der Waals surface area contributed by atoms with Crippen molar-refractivity contribution in [3.05, 3.63) is 39.1 Å². The molecule has 0 atom stereocenters. The Morgan fingerprint density at radius 3 is 2.78 bits per heavy atom. The predicted molar refractivity (Wildman–Crippen MR) is 75.6 cm³/mol. The van der Waals surface area contributed by atoms with Crippen molar-refractivity contribution in [2.45, 2.75) is 12.8 Å². The molecule has 0 aliphatic rings. The first-order valence-electron chi connectivity index (χ1n) is 5.46. The van der Waals surface area contributed by atoms with E-state index in [1.807, 2.05) is 29.6 Å². The number of ether oxygens (including phenoxy) is 1. The molecule has 1 heterocycles. The van der Waals surface area contributed by atoms with Crippen LogP contribution in [0.25, 0.3) is 11.3 Å². The molecule has 2 rings (SSSR count). The lowest BCUT2D eigenvalue weighted by Crippen LogP contribution is -2.01. The molecule has 0 fully saturated rings. The van der Waals surface area contributed by atoms with Gasteiger partial charge in [-0.15, -0.1) is 11.3 Å². The van der Waals surface area contributed by atoms with Crippen LogP contribution in [0.3, 0.4) is 0 Å². The fraction of sp³-hybridized carbons (Fsp3) is 0.231. The van der Waals surface area contributed by atoms with Gasteiger partial charge in [0, 0.05) is 21.8 Å². The fourth-order valence-corrected chi connectivity index (χ4v) is 2.56. The molecule has 18 heavy (non-hydrogen) atoms. The third-order valence-corrected chi connectivity index (χ3v) is 3.90. The van der Waals surface area contributed by atoms with Crippen LogP contribution in [0.1, 0.15) is 11.4 Å². The van der Waals surface area contributed by atoms with E-state index in [4.69, 9.17) is 0 Å². The summed E-state index contributed by atoms with van der Waals surface area (Å²) in [6.07, 6.45) is 1.01. The summed E-state index contributed by atoms with van der Waals surface area (Å²) in [4.78, 5) is 15.6. The molecular formula is C13H12BrNO2S. The van der Waals surface area contributed by atoms with Crippen molar-refractivity contribution in [2.75, 3.05) is 7.11 Å². The van der Waals surface area contributed by atoms with Crippen molar-refractivity contribution >= 4 is 33.2 Å². The Morgan fingerprint density at radius 2 is 2.11 bits per heavy atom. The summed E-state index contributed by atoms with van der Waals surface area (Å²) in [6, 6.07) is 8.01. The van der Waals surface area contributed by atoms with E-state index >= 15 is 0 Å². The summed E-state index contributed by atoms with van der Waals surface area (Å²) >= 11 is 4.97. The van der Waals surface area contributed by atoms with Gasteiger partial charge >= 0.3 is 5.97 Å². The molecule has 0 radical (unpaired) electrons. The van der Waals surface area contributed by atoms with Crippen LogP contribution < -0.4 is 0 Å². The van der Waals surface area contributed by atoms with Crippen LogP contribution in [0.4, 0.5) is 0 Å². The van der Waals surface area contributed by atoms with Crippen molar-refractivity contribution in [3.8, 4) is 11.3 Å². The molecule has 0 bridgehead atoms. The van der Waals surface area contributed by atoms with Gasteiger partial charge in [-0.1, -0.05) is 28.1 Å². The maximum Gasteiger partial charge on any atom is 0.305 e. The van der Waals surface area contributed by atoms with Gasteiger partial charge in [0.15, 0.2) is 0 Å². The van der Waals surface area contributed by atoms with Gasteiger partial charge in [-0.2, -0.15) is 0 Å². The van der Waals surface area contributed by atoms with E-state index in [9.17, 15) is 4.79 Å². The Morgan fingerprint density at radius 1 is 1.39 bits per heavy atom. The van der Waals surface area contributed by atoms with Crippen molar-refractivity contribution in [1.29, 1.82) is 0 Å². The van der Waals surface area contributed by atoms with Gasteiger partial charge in [-0.05, 0) is 12.1 Å². The normalized spacial score (nSPS) is 10.3. The number of rotatable bonds is 4. The second kappa shape index (κ2) is 6.11. The number of carbonyl (C=O) groups is 1. The second-order valence-electron chi connectivity index (χ2n) is 3.71. The first-order chi connectivity index (χ1) is 8.69. The van der Waals surface area contributed by atoms with Crippen LogP contribution in [0, 0.1) is 0 Å². The van der Waals surface area contributed by atoms with Crippen LogP contribution in [-0.2, 0) is 16.0 Å². The summed E-state index contributed by atoms with van der Waals surface area (Å²) < 4.78 is 5.66. The minimum Gasteiger partial charge on any atom is -0.469 e. The molecule has 1 aromatic carbocycles. The minimum absolute atomic E-state index is 0.199. The molecule has 0 N–H and O–H groups in total. The second-order valence-corrected chi connectivity index (χ2v) is 5.57. The van der Waals surface area contributed by atoms with Crippen LogP contribution in [-0.4, -0.2) is 18.1 Å². The molecule has 5 heteroatoms. The number of nitrogens with zero attached hydrogens (tertiary/aromatic N) is 1. The molecule has 94 valence electrons. The molecule has 0 spiro atoms. The average molecular weight is 326 g/mol. The van der Waals surface area contributed by atoms with Gasteiger partial charge in [0.2, 0.25) is 0 Å². The molecule has 0 aliphatic carbocycles. The average Bonchev–Trinajstić information content (AvgIpc) is 2.85. The fourth-order valence-electron chi connectivity index (χ4n) is 1.49. The van der Waals surface area contributed by atoms with Gasteiger partial charge in [-0.3, -0.25) is 4.79 Å². The van der Waals surface area contributed by atoms with Gasteiger partial charge < -0.3 is 4.74 Å². The standard InChI is InChI=1S/C13H12BrNO2S/c1-17-13(16)7-6-12-15-11(8-18-12)9-2-4-10(14)5-3-9/h2-5,8H,6-7H2,1H3. The Kier molecular flexibility index (Phi) is 4.49. The molecule has 0 unspecified atom stereocenters. The number of halogens is 1. The topological polar surface area (TPSA) is 39.2 Å². The van der Waals surface area contributed by atoms with Gasteiger partial charge in [0.25, 0.3) is 0 Å². The van der Waals surface area contributed by atoms with Crippen molar-refractivity contribution < 1.29 is 9.53 Å². The zero-order chi connectivity index (χ0) is 13.0. The number of aromatic nitrogens is 1. The van der Waals surface area contributed by atoms with Gasteiger partial charge in [0.05, 0.1) is 24.2 Å². The molecule has 2 aromatic rings. The third-order valence-electron chi connectivity index (χ3n) is 2.46. The highest BCUT2D eigenvalue weighted by Gasteiger charge is 2.07. The maximum absolute atomic E-state index is 11.0. The molecule has 0 aliphatic heterocycles. The van der Waals surface area contributed by atoms with Crippen LogP contribution in [0.5, 0.6) is 0 Å². The maximum atomic E-state index is 11.0. The molecule has 3 nitrogen and oxygen atoms in total. The van der Waals surface area contributed by atoms with E-state index < -0.39 is 0 Å². The van der Waals surface area contributed by atoms with Crippen LogP contribution in [0.15, 0.2) is 34.1 Å². The Hall–Kier alpha value is -1.20. The zero-order valence-electron chi connectivity index (χ0n) is 9.85. The first-order valence-corrected chi connectivity index (χ1v) is 7.13. The minimum atomic E-state index is -0.199. The first kappa shape index (κ1) is 13.2.